The van der Waals surface area contributed by atoms with Crippen molar-refractivity contribution < 1.29 is 24.5 Å². The van der Waals surface area contributed by atoms with E-state index in [4.69, 9.17) is 4.74 Å². The number of aryl methyl sites for hydroxylation is 1. The number of carboxylic acid groups (broad SMARTS) is 1. The first-order valence-electron chi connectivity index (χ1n) is 11.0. The molecule has 0 aromatic heterocycles. The highest BCUT2D eigenvalue weighted by molar-refractivity contribution is 7.98. The molecule has 1 amide bonds. The number of thioether (sulfide) groups is 1. The van der Waals surface area contributed by atoms with Crippen molar-refractivity contribution >= 4 is 23.6 Å². The fourth-order valence-corrected chi connectivity index (χ4v) is 4.06. The van der Waals surface area contributed by atoms with Crippen molar-refractivity contribution in [1.82, 2.24) is 5.32 Å². The molecule has 0 fully saturated rings. The van der Waals surface area contributed by atoms with Crippen LogP contribution >= 0.6 is 11.8 Å². The SMILES string of the molecule is CSCCC(NC(=O)c1ccc(COCc2ccc(O)cc2)cc1-c1ccccc1C)C(=O)O. The summed E-state index contributed by atoms with van der Waals surface area (Å²) in [7, 11) is 0. The van der Waals surface area contributed by atoms with Gasteiger partial charge < -0.3 is 20.3 Å². The maximum absolute atomic E-state index is 13.1. The zero-order valence-corrected chi connectivity index (χ0v) is 20.1. The minimum Gasteiger partial charge on any atom is -0.508 e. The Morgan fingerprint density at radius 1 is 0.971 bits per heavy atom. The lowest BCUT2D eigenvalue weighted by Gasteiger charge is -2.17. The van der Waals surface area contributed by atoms with Crippen molar-refractivity contribution in [2.45, 2.75) is 32.6 Å². The van der Waals surface area contributed by atoms with Crippen molar-refractivity contribution in [2.75, 3.05) is 12.0 Å². The molecule has 0 bridgehead atoms. The van der Waals surface area contributed by atoms with E-state index in [0.29, 0.717) is 31.0 Å². The second-order valence-electron chi connectivity index (χ2n) is 8.00. The lowest BCUT2D eigenvalue weighted by molar-refractivity contribution is -0.139. The third kappa shape index (κ3) is 6.85. The molecule has 0 heterocycles. The first-order valence-corrected chi connectivity index (χ1v) is 12.4. The van der Waals surface area contributed by atoms with Gasteiger partial charge >= 0.3 is 5.97 Å². The van der Waals surface area contributed by atoms with Gasteiger partial charge in [0.1, 0.15) is 11.8 Å². The van der Waals surface area contributed by atoms with E-state index in [2.05, 4.69) is 5.32 Å². The number of amides is 1. The van der Waals surface area contributed by atoms with Gasteiger partial charge in [-0.1, -0.05) is 42.5 Å². The van der Waals surface area contributed by atoms with Crippen LogP contribution in [0.4, 0.5) is 0 Å². The Morgan fingerprint density at radius 3 is 2.32 bits per heavy atom. The van der Waals surface area contributed by atoms with Gasteiger partial charge in [0.2, 0.25) is 0 Å². The highest BCUT2D eigenvalue weighted by Gasteiger charge is 2.22. The van der Waals surface area contributed by atoms with Crippen LogP contribution in [0, 0.1) is 6.92 Å². The van der Waals surface area contributed by atoms with Gasteiger partial charge in [0.15, 0.2) is 0 Å². The molecule has 3 rings (SSSR count). The van der Waals surface area contributed by atoms with E-state index in [1.165, 1.54) is 11.8 Å². The molecule has 0 spiro atoms. The smallest absolute Gasteiger partial charge is 0.326 e. The molecule has 3 aromatic rings. The van der Waals surface area contributed by atoms with E-state index < -0.39 is 17.9 Å². The molecule has 34 heavy (non-hydrogen) atoms. The largest absolute Gasteiger partial charge is 0.508 e. The summed E-state index contributed by atoms with van der Waals surface area (Å²) in [6.45, 7) is 2.70. The fourth-order valence-electron chi connectivity index (χ4n) is 3.59. The summed E-state index contributed by atoms with van der Waals surface area (Å²) < 4.78 is 5.85. The molecule has 1 unspecified atom stereocenters. The summed E-state index contributed by atoms with van der Waals surface area (Å²) in [6.07, 6.45) is 2.25. The number of ether oxygens (including phenoxy) is 1. The maximum atomic E-state index is 13.1. The Hall–Kier alpha value is -3.29. The predicted octanol–water partition coefficient (Wildman–Crippen LogP) is 5.02. The van der Waals surface area contributed by atoms with Crippen LogP contribution in [-0.4, -0.2) is 40.1 Å². The van der Waals surface area contributed by atoms with Crippen LogP contribution in [0.5, 0.6) is 5.75 Å². The zero-order valence-electron chi connectivity index (χ0n) is 19.3. The number of nitrogens with one attached hydrogen (secondary N) is 1. The van der Waals surface area contributed by atoms with Crippen LogP contribution < -0.4 is 5.32 Å². The highest BCUT2D eigenvalue weighted by Crippen LogP contribution is 2.29. The van der Waals surface area contributed by atoms with Gasteiger partial charge in [0.25, 0.3) is 5.91 Å². The minimum atomic E-state index is -1.04. The quantitative estimate of drug-likeness (QED) is 0.357. The van der Waals surface area contributed by atoms with E-state index in [1.807, 2.05) is 49.6 Å². The minimum absolute atomic E-state index is 0.207. The number of phenols is 1. The maximum Gasteiger partial charge on any atom is 0.326 e. The zero-order chi connectivity index (χ0) is 24.5. The molecule has 0 radical (unpaired) electrons. The first kappa shape index (κ1) is 25.3. The van der Waals surface area contributed by atoms with Crippen LogP contribution in [0.1, 0.15) is 33.5 Å². The van der Waals surface area contributed by atoms with E-state index in [-0.39, 0.29) is 5.75 Å². The molecule has 0 aliphatic carbocycles. The number of rotatable bonds is 11. The number of hydrogen-bond acceptors (Lipinski definition) is 5. The van der Waals surface area contributed by atoms with Gasteiger partial charge in [-0.15, -0.1) is 0 Å². The summed E-state index contributed by atoms with van der Waals surface area (Å²) in [5, 5.41) is 21.6. The third-order valence-electron chi connectivity index (χ3n) is 5.45. The number of aliphatic carboxylic acids is 1. The van der Waals surface area contributed by atoms with E-state index in [0.717, 1.165) is 27.8 Å². The lowest BCUT2D eigenvalue weighted by atomic mass is 9.93. The summed E-state index contributed by atoms with van der Waals surface area (Å²) in [5.74, 6) is -0.611. The van der Waals surface area contributed by atoms with Gasteiger partial charge in [-0.25, -0.2) is 4.79 Å². The van der Waals surface area contributed by atoms with Gasteiger partial charge in [0.05, 0.1) is 13.2 Å². The van der Waals surface area contributed by atoms with E-state index in [9.17, 15) is 19.8 Å². The number of phenolic OH excluding ortho intramolecular Hbond substituents is 1. The number of benzene rings is 3. The molecule has 3 aromatic carbocycles. The monoisotopic (exact) mass is 479 g/mol. The Kier molecular flexibility index (Phi) is 9.13. The number of carbonyl (C=O) groups is 2. The average Bonchev–Trinajstić information content (AvgIpc) is 2.83. The van der Waals surface area contributed by atoms with Crippen molar-refractivity contribution in [3.05, 3.63) is 89.0 Å². The van der Waals surface area contributed by atoms with Crippen LogP contribution in [-0.2, 0) is 22.7 Å². The molecule has 3 N–H and O–H groups in total. The summed E-state index contributed by atoms with van der Waals surface area (Å²) in [6, 6.07) is 19.1. The molecular weight excluding hydrogens is 450 g/mol. The number of carboxylic acids is 1. The van der Waals surface area contributed by atoms with Crippen LogP contribution in [0.2, 0.25) is 0 Å². The number of carbonyl (C=O) groups excluding carboxylic acids is 1. The second-order valence-corrected chi connectivity index (χ2v) is 8.99. The van der Waals surface area contributed by atoms with Gasteiger partial charge in [-0.05, 0) is 77.4 Å². The standard InChI is InChI=1S/C27H29NO5S/c1-18-5-3-4-6-22(18)24-15-20(17-33-16-19-7-10-21(29)11-8-19)9-12-23(24)26(30)28-25(27(31)32)13-14-34-2/h3-12,15,25,29H,13-14,16-17H2,1-2H3,(H,28,30)(H,31,32). The normalized spacial score (nSPS) is 11.7. The van der Waals surface area contributed by atoms with E-state index >= 15 is 0 Å². The summed E-state index contributed by atoms with van der Waals surface area (Å²) in [4.78, 5) is 24.8. The van der Waals surface area contributed by atoms with E-state index in [1.54, 1.807) is 30.3 Å². The molecule has 0 aliphatic heterocycles. The molecule has 178 valence electrons. The van der Waals surface area contributed by atoms with Crippen molar-refractivity contribution in [3.8, 4) is 16.9 Å². The average molecular weight is 480 g/mol. The first-order chi connectivity index (χ1) is 16.4. The van der Waals surface area contributed by atoms with Gasteiger partial charge in [0, 0.05) is 5.56 Å². The fraction of sp³-hybridized carbons (Fsp3) is 0.259. The van der Waals surface area contributed by atoms with Gasteiger partial charge in [-0.3, -0.25) is 4.79 Å². The molecule has 1 atom stereocenters. The van der Waals surface area contributed by atoms with Crippen LogP contribution in [0.25, 0.3) is 11.1 Å². The molecule has 0 saturated heterocycles. The molecule has 0 saturated carbocycles. The molecule has 6 nitrogen and oxygen atoms in total. The highest BCUT2D eigenvalue weighted by atomic mass is 32.2. The Morgan fingerprint density at radius 2 is 1.65 bits per heavy atom. The number of aromatic hydroxyl groups is 1. The van der Waals surface area contributed by atoms with Crippen molar-refractivity contribution in [1.29, 1.82) is 0 Å². The second kappa shape index (κ2) is 12.3. The van der Waals surface area contributed by atoms with Crippen molar-refractivity contribution in [3.63, 3.8) is 0 Å². The topological polar surface area (TPSA) is 95.9 Å². The Balaban J connectivity index is 1.84. The van der Waals surface area contributed by atoms with Crippen LogP contribution in [0.3, 0.4) is 0 Å². The third-order valence-corrected chi connectivity index (χ3v) is 6.10. The molecular formula is C27H29NO5S. The molecule has 7 heteroatoms. The van der Waals surface area contributed by atoms with Crippen molar-refractivity contribution in [2.24, 2.45) is 0 Å². The predicted molar refractivity (Wildman–Crippen MR) is 135 cm³/mol. The summed E-state index contributed by atoms with van der Waals surface area (Å²) in [5.41, 5.74) is 4.91. The lowest BCUT2D eigenvalue weighted by Crippen LogP contribution is -2.41. The van der Waals surface area contributed by atoms with Gasteiger partial charge in [-0.2, -0.15) is 11.8 Å². The Labute approximate surface area is 204 Å². The Bertz CT molecular complexity index is 1130. The summed E-state index contributed by atoms with van der Waals surface area (Å²) >= 11 is 1.54. The van der Waals surface area contributed by atoms with Crippen LogP contribution in [0.15, 0.2) is 66.7 Å². The number of hydrogen-bond donors (Lipinski definition) is 3. The molecule has 0 aliphatic rings.